The van der Waals surface area contributed by atoms with Gasteiger partial charge in [0.25, 0.3) is 0 Å². The van der Waals surface area contributed by atoms with E-state index in [0.29, 0.717) is 26.2 Å². The second-order valence-electron chi connectivity index (χ2n) is 6.01. The van der Waals surface area contributed by atoms with Gasteiger partial charge in [0, 0.05) is 38.1 Å². The van der Waals surface area contributed by atoms with Gasteiger partial charge in [0.05, 0.1) is 5.92 Å². The molecule has 1 heterocycles. The molecular weight excluding hydrogens is 278 g/mol. The van der Waals surface area contributed by atoms with Gasteiger partial charge in [-0.2, -0.15) is 0 Å². The van der Waals surface area contributed by atoms with Crippen molar-refractivity contribution < 1.29 is 9.59 Å². The number of amides is 2. The second kappa shape index (κ2) is 7.27. The Balaban J connectivity index is 0.00000200. The lowest BCUT2D eigenvalue weighted by Crippen LogP contribution is -2.53. The summed E-state index contributed by atoms with van der Waals surface area (Å²) in [5.74, 6) is 0.421. The number of nitrogens with zero attached hydrogens (tertiary/aromatic N) is 2. The molecule has 0 bridgehead atoms. The highest BCUT2D eigenvalue weighted by atomic mass is 35.5. The van der Waals surface area contributed by atoms with Crippen LogP contribution in [-0.2, 0) is 9.59 Å². The average molecular weight is 304 g/mol. The first kappa shape index (κ1) is 17.2. The molecule has 0 aromatic heterocycles. The van der Waals surface area contributed by atoms with Crippen molar-refractivity contribution in [2.24, 2.45) is 17.6 Å². The summed E-state index contributed by atoms with van der Waals surface area (Å²) in [6, 6.07) is 0.0304. The van der Waals surface area contributed by atoms with Gasteiger partial charge in [-0.05, 0) is 12.8 Å². The van der Waals surface area contributed by atoms with Gasteiger partial charge in [-0.1, -0.05) is 20.3 Å². The molecule has 2 fully saturated rings. The number of hydrogen-bond donors (Lipinski definition) is 1. The summed E-state index contributed by atoms with van der Waals surface area (Å²) < 4.78 is 0. The Hall–Kier alpha value is -0.810. The fourth-order valence-corrected chi connectivity index (χ4v) is 3.04. The Morgan fingerprint density at radius 2 is 1.60 bits per heavy atom. The Kier molecular flexibility index (Phi) is 6.27. The largest absolute Gasteiger partial charge is 0.339 e. The van der Waals surface area contributed by atoms with Gasteiger partial charge < -0.3 is 15.5 Å². The molecule has 1 aliphatic heterocycles. The second-order valence-corrected chi connectivity index (χ2v) is 6.01. The van der Waals surface area contributed by atoms with Gasteiger partial charge in [0.15, 0.2) is 0 Å². The third-order valence-corrected chi connectivity index (χ3v) is 4.28. The smallest absolute Gasteiger partial charge is 0.227 e. The molecule has 2 rings (SSSR count). The van der Waals surface area contributed by atoms with E-state index in [0.717, 1.165) is 19.3 Å². The Bertz CT molecular complexity index is 354. The van der Waals surface area contributed by atoms with Crippen molar-refractivity contribution >= 4 is 24.2 Å². The van der Waals surface area contributed by atoms with E-state index in [9.17, 15) is 9.59 Å². The maximum absolute atomic E-state index is 12.4. The summed E-state index contributed by atoms with van der Waals surface area (Å²) in [5, 5.41) is 0. The number of hydrogen-bond acceptors (Lipinski definition) is 3. The van der Waals surface area contributed by atoms with E-state index in [1.165, 1.54) is 0 Å². The predicted molar refractivity (Wildman–Crippen MR) is 80.6 cm³/mol. The van der Waals surface area contributed by atoms with Crippen LogP contribution in [0.1, 0.15) is 33.1 Å². The zero-order valence-electron chi connectivity index (χ0n) is 12.4. The van der Waals surface area contributed by atoms with Crippen LogP contribution in [0.2, 0.25) is 0 Å². The quantitative estimate of drug-likeness (QED) is 0.823. The van der Waals surface area contributed by atoms with Crippen LogP contribution in [0.3, 0.4) is 0 Å². The van der Waals surface area contributed by atoms with E-state index in [1.807, 2.05) is 23.6 Å². The maximum atomic E-state index is 12.4. The number of nitrogens with two attached hydrogens (primary N) is 1. The van der Waals surface area contributed by atoms with Crippen LogP contribution in [0.25, 0.3) is 0 Å². The molecule has 2 unspecified atom stereocenters. The molecule has 2 atom stereocenters. The van der Waals surface area contributed by atoms with Crippen molar-refractivity contribution in [1.29, 1.82) is 0 Å². The van der Waals surface area contributed by atoms with Crippen LogP contribution < -0.4 is 5.73 Å². The topological polar surface area (TPSA) is 66.6 Å². The maximum Gasteiger partial charge on any atom is 0.227 e. The first-order valence-electron chi connectivity index (χ1n) is 7.34. The van der Waals surface area contributed by atoms with E-state index in [2.05, 4.69) is 0 Å². The highest BCUT2D eigenvalue weighted by molar-refractivity contribution is 5.85. The fraction of sp³-hybridized carbons (Fsp3) is 0.857. The molecule has 1 aliphatic carbocycles. The van der Waals surface area contributed by atoms with Gasteiger partial charge in [-0.25, -0.2) is 0 Å². The molecule has 0 aromatic carbocycles. The van der Waals surface area contributed by atoms with E-state index >= 15 is 0 Å². The molecule has 1 saturated heterocycles. The molecule has 20 heavy (non-hydrogen) atoms. The van der Waals surface area contributed by atoms with Crippen molar-refractivity contribution in [3.8, 4) is 0 Å². The van der Waals surface area contributed by atoms with E-state index < -0.39 is 0 Å². The lowest BCUT2D eigenvalue weighted by molar-refractivity contribution is -0.143. The Morgan fingerprint density at radius 1 is 1.05 bits per heavy atom. The van der Waals surface area contributed by atoms with Gasteiger partial charge in [0.2, 0.25) is 11.8 Å². The lowest BCUT2D eigenvalue weighted by atomic mass is 10.0. The molecule has 116 valence electrons. The minimum absolute atomic E-state index is 0. The zero-order chi connectivity index (χ0) is 14.0. The minimum atomic E-state index is 0. The summed E-state index contributed by atoms with van der Waals surface area (Å²) in [4.78, 5) is 28.0. The molecule has 0 spiro atoms. The molecule has 2 N–H and O–H groups in total. The summed E-state index contributed by atoms with van der Waals surface area (Å²) in [6.07, 6.45) is 2.94. The van der Waals surface area contributed by atoms with Gasteiger partial charge in [-0.3, -0.25) is 9.59 Å². The number of carbonyl (C=O) groups excluding carboxylic acids is 2. The van der Waals surface area contributed by atoms with E-state index in [-0.39, 0.29) is 42.1 Å². The van der Waals surface area contributed by atoms with Crippen LogP contribution >= 0.6 is 12.4 Å². The normalized spacial score (nSPS) is 26.6. The van der Waals surface area contributed by atoms with E-state index in [4.69, 9.17) is 5.73 Å². The SMILES string of the molecule is CC(C)C(=O)N1CCN(C(=O)C2CCCC2N)CC1.Cl. The number of piperazine rings is 1. The summed E-state index contributed by atoms with van der Waals surface area (Å²) in [5.41, 5.74) is 5.99. The van der Waals surface area contributed by atoms with Crippen LogP contribution in [0.5, 0.6) is 0 Å². The predicted octanol–water partition coefficient (Wildman–Crippen LogP) is 0.862. The number of carbonyl (C=O) groups is 2. The highest BCUT2D eigenvalue weighted by Gasteiger charge is 2.35. The fourth-order valence-electron chi connectivity index (χ4n) is 3.04. The van der Waals surface area contributed by atoms with Gasteiger partial charge in [-0.15, -0.1) is 12.4 Å². The van der Waals surface area contributed by atoms with Crippen molar-refractivity contribution in [2.75, 3.05) is 26.2 Å². The van der Waals surface area contributed by atoms with Gasteiger partial charge >= 0.3 is 0 Å². The Labute approximate surface area is 127 Å². The van der Waals surface area contributed by atoms with Gasteiger partial charge in [0.1, 0.15) is 0 Å². The monoisotopic (exact) mass is 303 g/mol. The van der Waals surface area contributed by atoms with Crippen LogP contribution in [0.4, 0.5) is 0 Å². The van der Waals surface area contributed by atoms with Crippen molar-refractivity contribution in [1.82, 2.24) is 9.80 Å². The third kappa shape index (κ3) is 3.64. The third-order valence-electron chi connectivity index (χ3n) is 4.28. The summed E-state index contributed by atoms with van der Waals surface area (Å²) in [6.45, 7) is 6.45. The molecular formula is C14H26ClN3O2. The molecule has 2 amide bonds. The molecule has 6 heteroatoms. The van der Waals surface area contributed by atoms with Crippen molar-refractivity contribution in [3.63, 3.8) is 0 Å². The van der Waals surface area contributed by atoms with Crippen LogP contribution in [0, 0.1) is 11.8 Å². The number of halogens is 1. The minimum Gasteiger partial charge on any atom is -0.339 e. The van der Waals surface area contributed by atoms with Crippen molar-refractivity contribution in [3.05, 3.63) is 0 Å². The van der Waals surface area contributed by atoms with E-state index in [1.54, 1.807) is 0 Å². The molecule has 0 aromatic rings. The molecule has 2 aliphatic rings. The molecule has 0 radical (unpaired) electrons. The van der Waals surface area contributed by atoms with Crippen molar-refractivity contribution in [2.45, 2.75) is 39.2 Å². The standard InChI is InChI=1S/C14H25N3O2.ClH/c1-10(2)13(18)16-6-8-17(9-7-16)14(19)11-4-3-5-12(11)15;/h10-12H,3-9,15H2,1-2H3;1H. The summed E-state index contributed by atoms with van der Waals surface area (Å²) in [7, 11) is 0. The first-order chi connectivity index (χ1) is 9.00. The van der Waals surface area contributed by atoms with Crippen LogP contribution in [-0.4, -0.2) is 53.8 Å². The molecule has 5 nitrogen and oxygen atoms in total. The molecule has 1 saturated carbocycles. The van der Waals surface area contributed by atoms with Crippen LogP contribution in [0.15, 0.2) is 0 Å². The number of rotatable bonds is 2. The average Bonchev–Trinajstić information content (AvgIpc) is 2.83. The summed E-state index contributed by atoms with van der Waals surface area (Å²) >= 11 is 0. The lowest BCUT2D eigenvalue weighted by Gasteiger charge is -2.37. The highest BCUT2D eigenvalue weighted by Crippen LogP contribution is 2.26. The Morgan fingerprint density at radius 3 is 2.05 bits per heavy atom. The zero-order valence-corrected chi connectivity index (χ0v) is 13.2. The first-order valence-corrected chi connectivity index (χ1v) is 7.34.